The Kier molecular flexibility index (Phi) is 8.44. The Bertz CT molecular complexity index is 804. The van der Waals surface area contributed by atoms with Gasteiger partial charge in [-0.15, -0.1) is 5.11 Å². The fourth-order valence-corrected chi connectivity index (χ4v) is 4.24. The van der Waals surface area contributed by atoms with E-state index in [4.69, 9.17) is 10.4 Å². The highest BCUT2D eigenvalue weighted by Crippen LogP contribution is 2.38. The largest absolute Gasteiger partial charge is 0.304 e. The van der Waals surface area contributed by atoms with Crippen molar-refractivity contribution in [2.75, 3.05) is 6.54 Å². The lowest BCUT2D eigenvalue weighted by atomic mass is 9.81. The lowest BCUT2D eigenvalue weighted by Gasteiger charge is -2.31. The summed E-state index contributed by atoms with van der Waals surface area (Å²) in [6, 6.07) is 9.24. The van der Waals surface area contributed by atoms with E-state index in [0.29, 0.717) is 25.7 Å². The van der Waals surface area contributed by atoms with Crippen LogP contribution in [0.5, 0.6) is 0 Å². The number of hydrogen-bond donors (Lipinski definition) is 0. The van der Waals surface area contributed by atoms with Crippen LogP contribution in [0.4, 0.5) is 0 Å². The Morgan fingerprint density at radius 1 is 0.833 bits per heavy atom. The van der Waals surface area contributed by atoms with Gasteiger partial charge in [0.05, 0.1) is 30.7 Å². The van der Waals surface area contributed by atoms with Crippen molar-refractivity contribution in [3.8, 4) is 24.3 Å². The maximum Gasteiger partial charge on any atom is 0.304 e. The average Bonchev–Trinajstić information content (AvgIpc) is 2.81. The Morgan fingerprint density at radius 3 is 1.93 bits per heavy atom. The minimum atomic E-state index is -0.894. The Morgan fingerprint density at radius 2 is 1.43 bits per heavy atom. The van der Waals surface area contributed by atoms with E-state index in [1.807, 2.05) is 0 Å². The topological polar surface area (TPSA) is 135 Å². The van der Waals surface area contributed by atoms with Crippen molar-refractivity contribution < 1.29 is 4.70 Å². The Balaban J connectivity index is 2.58. The number of nitrogens with zero attached hydrogens (tertiary/aromatic N) is 8. The summed E-state index contributed by atoms with van der Waals surface area (Å²) < 4.78 is 1.68. The third-order valence-electron chi connectivity index (χ3n) is 6.19. The van der Waals surface area contributed by atoms with Gasteiger partial charge in [-0.1, -0.05) is 17.5 Å². The van der Waals surface area contributed by atoms with Gasteiger partial charge in [-0.25, -0.2) is 0 Å². The van der Waals surface area contributed by atoms with Crippen molar-refractivity contribution in [3.05, 3.63) is 0 Å². The Labute approximate surface area is 179 Å². The highest BCUT2D eigenvalue weighted by atomic mass is 15.4. The summed E-state index contributed by atoms with van der Waals surface area (Å²) in [5.74, 6) is -0.859. The second kappa shape index (κ2) is 10.8. The number of nitriles is 4. The van der Waals surface area contributed by atoms with Crippen molar-refractivity contribution in [2.45, 2.75) is 95.3 Å². The minimum absolute atomic E-state index is 0.224. The van der Waals surface area contributed by atoms with Gasteiger partial charge in [-0.3, -0.25) is 0 Å². The first kappa shape index (κ1) is 23.4. The molecular weight excluding hydrogens is 376 g/mol. The maximum atomic E-state index is 10.2. The second-order valence-electron chi connectivity index (χ2n) is 8.65. The van der Waals surface area contributed by atoms with E-state index < -0.39 is 23.2 Å². The van der Waals surface area contributed by atoms with Crippen LogP contribution in [0.15, 0.2) is 15.3 Å². The summed E-state index contributed by atoms with van der Waals surface area (Å²) in [4.78, 5) is 0. The van der Waals surface area contributed by atoms with E-state index in [1.165, 1.54) is 0 Å². The van der Waals surface area contributed by atoms with Crippen LogP contribution in [0.2, 0.25) is 0 Å². The van der Waals surface area contributed by atoms with Gasteiger partial charge in [-0.05, 0) is 57.5 Å². The van der Waals surface area contributed by atoms with Crippen LogP contribution in [0.1, 0.15) is 78.1 Å². The Hall–Kier alpha value is -2.84. The molecule has 0 aliphatic heterocycles. The van der Waals surface area contributed by atoms with Crippen LogP contribution in [-0.2, 0) is 0 Å². The van der Waals surface area contributed by atoms with Gasteiger partial charge in [0.2, 0.25) is 5.54 Å². The quantitative estimate of drug-likeness (QED) is 0.433. The van der Waals surface area contributed by atoms with Gasteiger partial charge in [0.1, 0.15) is 12.0 Å². The predicted octanol–water partition coefficient (Wildman–Crippen LogP) is 5.00. The molecule has 3 atom stereocenters. The number of hydrogen-bond acceptors (Lipinski definition) is 7. The van der Waals surface area contributed by atoms with E-state index in [0.717, 1.165) is 38.5 Å². The predicted molar refractivity (Wildman–Crippen MR) is 109 cm³/mol. The van der Waals surface area contributed by atoms with Crippen LogP contribution in [0.3, 0.4) is 0 Å². The number of rotatable bonds is 7. The third kappa shape index (κ3) is 5.40. The van der Waals surface area contributed by atoms with Crippen LogP contribution in [0, 0.1) is 57.2 Å². The van der Waals surface area contributed by atoms with Crippen molar-refractivity contribution in [1.29, 1.82) is 21.0 Å². The van der Waals surface area contributed by atoms with Crippen LogP contribution in [0.25, 0.3) is 0 Å². The van der Waals surface area contributed by atoms with Crippen LogP contribution >= 0.6 is 0 Å². The summed E-state index contributed by atoms with van der Waals surface area (Å²) in [5, 5.41) is 52.4. The zero-order chi connectivity index (χ0) is 22.0. The van der Waals surface area contributed by atoms with E-state index >= 15 is 0 Å². The molecule has 2 aliphatic rings. The monoisotopic (exact) mass is 407 g/mol. The first-order valence-electron chi connectivity index (χ1n) is 11.0. The molecule has 8 heteroatoms. The molecule has 0 bridgehead atoms. The van der Waals surface area contributed by atoms with Gasteiger partial charge in [0.15, 0.2) is 0 Å². The van der Waals surface area contributed by atoms with Gasteiger partial charge >= 0.3 is 6.17 Å². The molecule has 30 heavy (non-hydrogen) atoms. The lowest BCUT2D eigenvalue weighted by Crippen LogP contribution is -2.50. The number of azo groups is 3. The van der Waals surface area contributed by atoms with Gasteiger partial charge < -0.3 is 0 Å². The van der Waals surface area contributed by atoms with Crippen LogP contribution in [-0.4, -0.2) is 28.5 Å². The van der Waals surface area contributed by atoms with E-state index in [1.54, 1.807) is 18.5 Å². The lowest BCUT2D eigenvalue weighted by molar-refractivity contribution is -0.694. The van der Waals surface area contributed by atoms with E-state index in [2.05, 4.69) is 34.5 Å². The third-order valence-corrected chi connectivity index (χ3v) is 6.19. The fraction of sp³-hybridized carbons (Fsp3) is 0.818. The molecule has 3 unspecified atom stereocenters. The van der Waals surface area contributed by atoms with Crippen molar-refractivity contribution in [2.24, 2.45) is 27.2 Å². The summed E-state index contributed by atoms with van der Waals surface area (Å²) in [6.45, 7) is 3.73. The van der Waals surface area contributed by atoms with E-state index in [-0.39, 0.29) is 12.5 Å². The van der Waals surface area contributed by atoms with Gasteiger partial charge in [0.25, 0.3) is 5.54 Å². The smallest absolute Gasteiger partial charge is 0.198 e. The zero-order valence-electron chi connectivity index (χ0n) is 18.1. The highest BCUT2D eigenvalue weighted by molar-refractivity contribution is 5.08. The van der Waals surface area contributed by atoms with Crippen LogP contribution < -0.4 is 0 Å². The molecule has 2 rings (SSSR count). The second-order valence-corrected chi connectivity index (χ2v) is 8.65. The molecule has 0 radical (unpaired) electrons. The molecule has 2 saturated carbocycles. The normalized spacial score (nSPS) is 23.9. The van der Waals surface area contributed by atoms with Gasteiger partial charge in [0, 0.05) is 12.8 Å². The highest BCUT2D eigenvalue weighted by Gasteiger charge is 2.52. The average molecular weight is 408 g/mol. The molecule has 8 nitrogen and oxygen atoms in total. The minimum Gasteiger partial charge on any atom is -0.198 e. The van der Waals surface area contributed by atoms with Gasteiger partial charge in [-0.2, -0.15) is 26.2 Å². The SMILES string of the molecule is CC(C#N)CN=NC(C(C)C#N)[N+](=NC1(C#N)CCCCC1)C1(C#N)CCCCC1. The summed E-state index contributed by atoms with van der Waals surface area (Å²) in [6.07, 6.45) is 7.58. The molecule has 0 aromatic rings. The molecule has 0 saturated heterocycles. The zero-order valence-corrected chi connectivity index (χ0v) is 18.1. The molecular formula is C22H31N8+. The maximum absolute atomic E-state index is 10.2. The van der Waals surface area contributed by atoms with E-state index in [9.17, 15) is 15.8 Å². The first-order chi connectivity index (χ1) is 14.5. The molecule has 0 amide bonds. The van der Waals surface area contributed by atoms with Crippen molar-refractivity contribution in [1.82, 2.24) is 0 Å². The summed E-state index contributed by atoms with van der Waals surface area (Å²) >= 11 is 0. The van der Waals surface area contributed by atoms with Crippen molar-refractivity contribution in [3.63, 3.8) is 0 Å². The molecule has 0 aromatic carbocycles. The standard InChI is InChI=1S/C22H31N8/c1-18(13-23)15-27-28-20(19(2)14-24)30(22(17-26)11-7-4-8-12-22)29-21(16-25)9-5-3-6-10-21/h18-20H,3-12,15H2,1-2H3/q+1. The molecule has 158 valence electrons. The summed E-state index contributed by atoms with van der Waals surface area (Å²) in [7, 11) is 0. The molecule has 0 N–H and O–H groups in total. The molecule has 0 aromatic heterocycles. The molecule has 0 heterocycles. The van der Waals surface area contributed by atoms with Crippen molar-refractivity contribution >= 4 is 0 Å². The fourth-order valence-electron chi connectivity index (χ4n) is 4.24. The summed E-state index contributed by atoms with van der Waals surface area (Å²) in [5.41, 5.74) is -1.78. The molecule has 2 aliphatic carbocycles. The molecule has 0 spiro atoms. The first-order valence-corrected chi connectivity index (χ1v) is 11.0. The molecule has 2 fully saturated rings.